The van der Waals surface area contributed by atoms with Crippen molar-refractivity contribution in [2.75, 3.05) is 32.2 Å². The summed E-state index contributed by atoms with van der Waals surface area (Å²) in [6, 6.07) is 3.84. The summed E-state index contributed by atoms with van der Waals surface area (Å²) in [7, 11) is 1.25. The Bertz CT molecular complexity index is 927. The Hall–Kier alpha value is -2.75. The van der Waals surface area contributed by atoms with Gasteiger partial charge in [0, 0.05) is 6.54 Å². The molecular weight excluding hydrogens is 506 g/mol. The molecule has 0 aliphatic carbocycles. The second-order valence-corrected chi connectivity index (χ2v) is 11.3. The van der Waals surface area contributed by atoms with Gasteiger partial charge in [0.05, 0.1) is 7.11 Å². The Kier molecular flexibility index (Phi) is 14.2. The number of aryl methyl sites for hydroxylation is 2. The van der Waals surface area contributed by atoms with Crippen LogP contribution in [0.15, 0.2) is 18.2 Å². The first-order valence-corrected chi connectivity index (χ1v) is 14.4. The lowest BCUT2D eigenvalue weighted by molar-refractivity contribution is -0.144. The van der Waals surface area contributed by atoms with Gasteiger partial charge >= 0.3 is 12.1 Å². The van der Waals surface area contributed by atoms with Gasteiger partial charge < -0.3 is 25.0 Å². The highest BCUT2D eigenvalue weighted by molar-refractivity contribution is 7.98. The van der Waals surface area contributed by atoms with E-state index in [1.807, 2.05) is 38.3 Å². The van der Waals surface area contributed by atoms with Crippen LogP contribution in [0.5, 0.6) is 0 Å². The Balaban J connectivity index is 3.52. The van der Waals surface area contributed by atoms with Gasteiger partial charge in [-0.15, -0.1) is 0 Å². The predicted octanol–water partition coefficient (Wildman–Crippen LogP) is 4.30. The molecule has 0 aromatic heterocycles. The third-order valence-corrected chi connectivity index (χ3v) is 6.28. The van der Waals surface area contributed by atoms with Crippen LogP contribution in [-0.4, -0.2) is 72.6 Å². The predicted molar refractivity (Wildman–Crippen MR) is 151 cm³/mol. The number of hydrogen-bond donors (Lipinski definition) is 2. The number of rotatable bonds is 14. The second kappa shape index (κ2) is 16.3. The normalized spacial score (nSPS) is 12.7. The van der Waals surface area contributed by atoms with Crippen LogP contribution < -0.4 is 10.6 Å². The highest BCUT2D eigenvalue weighted by Crippen LogP contribution is 2.26. The van der Waals surface area contributed by atoms with Gasteiger partial charge in [-0.05, 0) is 65.0 Å². The molecule has 0 saturated carbocycles. The average Bonchev–Trinajstić information content (AvgIpc) is 2.82. The summed E-state index contributed by atoms with van der Waals surface area (Å²) in [5.74, 6) is -0.840. The van der Waals surface area contributed by atoms with Crippen LogP contribution >= 0.6 is 11.8 Å². The zero-order valence-corrected chi connectivity index (χ0v) is 25.0. The molecule has 1 aromatic carbocycles. The summed E-state index contributed by atoms with van der Waals surface area (Å²) in [6.07, 6.45) is 4.07. The number of ether oxygens (including phenoxy) is 2. The summed E-state index contributed by atoms with van der Waals surface area (Å²) in [5.41, 5.74) is 1.79. The van der Waals surface area contributed by atoms with Crippen LogP contribution in [0.2, 0.25) is 0 Å². The van der Waals surface area contributed by atoms with E-state index in [0.717, 1.165) is 24.0 Å². The highest BCUT2D eigenvalue weighted by Gasteiger charge is 2.36. The minimum Gasteiger partial charge on any atom is -0.468 e. The smallest absolute Gasteiger partial charge is 0.408 e. The van der Waals surface area contributed by atoms with Crippen LogP contribution in [0, 0.1) is 13.8 Å². The van der Waals surface area contributed by atoms with E-state index in [1.165, 1.54) is 12.0 Å². The molecule has 0 heterocycles. The van der Waals surface area contributed by atoms with Gasteiger partial charge in [0.2, 0.25) is 11.8 Å². The molecule has 0 bridgehead atoms. The first kappa shape index (κ1) is 33.3. The molecule has 0 aliphatic rings. The number of methoxy groups -OCH3 is 1. The molecule has 0 spiro atoms. The molecular formula is C28H45N3O6S. The molecule has 214 valence electrons. The molecule has 3 amide bonds. The maximum absolute atomic E-state index is 14.1. The summed E-state index contributed by atoms with van der Waals surface area (Å²) in [4.78, 5) is 53.6. The first-order chi connectivity index (χ1) is 17.8. The van der Waals surface area contributed by atoms with E-state index in [0.29, 0.717) is 30.7 Å². The summed E-state index contributed by atoms with van der Waals surface area (Å²) in [5, 5.41) is 5.36. The third-order valence-electron chi connectivity index (χ3n) is 5.64. The Morgan fingerprint density at radius 3 is 2.21 bits per heavy atom. The number of alkyl carbamates (subject to hydrolysis) is 1. The van der Waals surface area contributed by atoms with Gasteiger partial charge in [-0.3, -0.25) is 14.4 Å². The Labute approximate surface area is 231 Å². The molecule has 9 nitrogen and oxygen atoms in total. The van der Waals surface area contributed by atoms with E-state index >= 15 is 0 Å². The van der Waals surface area contributed by atoms with E-state index in [9.17, 15) is 19.2 Å². The van der Waals surface area contributed by atoms with Gasteiger partial charge in [0.15, 0.2) is 0 Å². The van der Waals surface area contributed by atoms with Crippen LogP contribution in [0.25, 0.3) is 0 Å². The number of unbranched alkanes of at least 4 members (excludes halogenated alkanes) is 2. The summed E-state index contributed by atoms with van der Waals surface area (Å²) >= 11 is 1.56. The lowest BCUT2D eigenvalue weighted by atomic mass is 9.98. The maximum Gasteiger partial charge on any atom is 0.408 e. The molecule has 0 aliphatic heterocycles. The number of benzene rings is 1. The number of carbonyl (C=O) groups is 4. The third kappa shape index (κ3) is 11.8. The molecule has 38 heavy (non-hydrogen) atoms. The molecule has 1 aromatic rings. The van der Waals surface area contributed by atoms with Gasteiger partial charge in [-0.25, -0.2) is 4.79 Å². The van der Waals surface area contributed by atoms with Crippen molar-refractivity contribution in [1.29, 1.82) is 0 Å². The topological polar surface area (TPSA) is 114 Å². The zero-order valence-electron chi connectivity index (χ0n) is 24.1. The van der Waals surface area contributed by atoms with Gasteiger partial charge in [-0.1, -0.05) is 49.1 Å². The van der Waals surface area contributed by atoms with Gasteiger partial charge in [-0.2, -0.15) is 11.8 Å². The Morgan fingerprint density at radius 2 is 1.68 bits per heavy atom. The van der Waals surface area contributed by atoms with Crippen LogP contribution in [0.4, 0.5) is 4.79 Å². The fourth-order valence-electron chi connectivity index (χ4n) is 4.01. The zero-order chi connectivity index (χ0) is 28.9. The SMILES string of the molecule is CCCCCN(C(=O)C(CCSC)NC(=O)OC(C)(C)C)C(C(=O)NCC(=O)OC)c1cc(C)cc(C)c1. The summed E-state index contributed by atoms with van der Waals surface area (Å²) < 4.78 is 10.1. The quantitative estimate of drug-likeness (QED) is 0.262. The molecule has 2 unspecified atom stereocenters. The molecule has 0 saturated heterocycles. The number of esters is 1. The number of nitrogens with one attached hydrogen (secondary N) is 2. The number of amides is 3. The lowest BCUT2D eigenvalue weighted by Crippen LogP contribution is -2.53. The number of nitrogens with zero attached hydrogens (tertiary/aromatic N) is 1. The lowest BCUT2D eigenvalue weighted by Gasteiger charge is -2.35. The van der Waals surface area contributed by atoms with Crippen molar-refractivity contribution >= 4 is 35.6 Å². The molecule has 2 atom stereocenters. The second-order valence-electron chi connectivity index (χ2n) is 10.3. The monoisotopic (exact) mass is 551 g/mol. The highest BCUT2D eigenvalue weighted by atomic mass is 32.2. The Morgan fingerprint density at radius 1 is 1.05 bits per heavy atom. The fraction of sp³-hybridized carbons (Fsp3) is 0.643. The van der Waals surface area contributed by atoms with E-state index in [4.69, 9.17) is 4.74 Å². The van der Waals surface area contributed by atoms with E-state index in [1.54, 1.807) is 32.5 Å². The fourth-order valence-corrected chi connectivity index (χ4v) is 4.48. The standard InChI is InChI=1S/C28H45N3O6S/c1-9-10-11-13-31(26(34)22(12-14-38-8)30-27(35)37-28(4,5)6)24(25(33)29-18-23(32)36-7)21-16-19(2)15-20(3)17-21/h15-17,22,24H,9-14,18H2,1-8H3,(H,29,33)(H,30,35). The van der Waals surface area contributed by atoms with Gasteiger partial charge in [0.1, 0.15) is 24.2 Å². The minimum absolute atomic E-state index is 0.307. The number of carbonyl (C=O) groups excluding carboxylic acids is 4. The summed E-state index contributed by atoms with van der Waals surface area (Å²) in [6.45, 7) is 11.2. The molecule has 1 rings (SSSR count). The van der Waals surface area contributed by atoms with E-state index in [-0.39, 0.29) is 12.5 Å². The first-order valence-electron chi connectivity index (χ1n) is 13.0. The van der Waals surface area contributed by atoms with Crippen LogP contribution in [0.1, 0.15) is 76.1 Å². The van der Waals surface area contributed by atoms with E-state index in [2.05, 4.69) is 22.3 Å². The van der Waals surface area contributed by atoms with E-state index < -0.39 is 35.7 Å². The van der Waals surface area contributed by atoms with Crippen molar-refractivity contribution in [1.82, 2.24) is 15.5 Å². The maximum atomic E-state index is 14.1. The largest absolute Gasteiger partial charge is 0.468 e. The average molecular weight is 552 g/mol. The van der Waals surface area contributed by atoms with Gasteiger partial charge in [0.25, 0.3) is 0 Å². The molecule has 0 radical (unpaired) electrons. The van der Waals surface area contributed by atoms with Crippen LogP contribution in [0.3, 0.4) is 0 Å². The molecule has 0 fully saturated rings. The number of hydrogen-bond acceptors (Lipinski definition) is 7. The van der Waals surface area contributed by atoms with Crippen LogP contribution in [-0.2, 0) is 23.9 Å². The van der Waals surface area contributed by atoms with Crippen molar-refractivity contribution in [3.8, 4) is 0 Å². The van der Waals surface area contributed by atoms with Crippen molar-refractivity contribution in [3.05, 3.63) is 34.9 Å². The minimum atomic E-state index is -1.00. The molecule has 10 heteroatoms. The van der Waals surface area contributed by atoms with Crippen molar-refractivity contribution in [2.45, 2.75) is 84.9 Å². The van der Waals surface area contributed by atoms with Crippen molar-refractivity contribution in [2.24, 2.45) is 0 Å². The van der Waals surface area contributed by atoms with Crippen molar-refractivity contribution < 1.29 is 28.7 Å². The molecule has 2 N–H and O–H groups in total. The van der Waals surface area contributed by atoms with Crippen molar-refractivity contribution in [3.63, 3.8) is 0 Å². The number of thioether (sulfide) groups is 1.